The summed E-state index contributed by atoms with van der Waals surface area (Å²) >= 11 is 5.20. The van der Waals surface area contributed by atoms with E-state index >= 15 is 0 Å². The Kier molecular flexibility index (Phi) is 7.09. The average Bonchev–Trinajstić information content (AvgIpc) is 1.89. The Labute approximate surface area is 59.6 Å². The monoisotopic (exact) mass is 174 g/mol. The zero-order valence-electron chi connectivity index (χ0n) is 4.58. The van der Waals surface area contributed by atoms with E-state index < -0.39 is 15.1 Å². The molecular formula is C3H8ClO4P. The minimum absolute atomic E-state index is 0.0858. The number of hydrogen-bond acceptors (Lipinski definition) is 4. The second-order valence-electron chi connectivity index (χ2n) is 1.29. The van der Waals surface area contributed by atoms with Gasteiger partial charge >= 0.3 is 0 Å². The fourth-order valence-electron chi connectivity index (χ4n) is 0.201. The van der Waals surface area contributed by atoms with Gasteiger partial charge in [-0.1, -0.05) is 0 Å². The Balaban J connectivity index is 2.88. The zero-order chi connectivity index (χ0) is 7.11. The van der Waals surface area contributed by atoms with Gasteiger partial charge in [0.1, 0.15) is 0 Å². The van der Waals surface area contributed by atoms with Gasteiger partial charge < -0.3 is 9.63 Å². The van der Waals surface area contributed by atoms with Crippen molar-refractivity contribution in [3.63, 3.8) is 0 Å². The van der Waals surface area contributed by atoms with Crippen molar-refractivity contribution in [1.82, 2.24) is 0 Å². The predicted molar refractivity (Wildman–Crippen MR) is 34.7 cm³/mol. The molecule has 0 saturated heterocycles. The van der Waals surface area contributed by atoms with Gasteiger partial charge in [-0.25, -0.2) is 5.26 Å². The second kappa shape index (κ2) is 6.68. The molecule has 0 aliphatic carbocycles. The van der Waals surface area contributed by atoms with Gasteiger partial charge in [0.25, 0.3) is 0 Å². The molecule has 0 fully saturated rings. The van der Waals surface area contributed by atoms with Gasteiger partial charge in [0, 0.05) is 0 Å². The molecule has 0 aliphatic rings. The lowest BCUT2D eigenvalue weighted by Gasteiger charge is -2.04. The smallest absolute Gasteiger partial charge is 0.194 e. The van der Waals surface area contributed by atoms with Crippen LogP contribution in [0.2, 0.25) is 0 Å². The average molecular weight is 175 g/mol. The Bertz CT molecular complexity index is 63.8. The molecule has 2 N–H and O–H groups in total. The number of hydrogen-bond donors (Lipinski definition) is 2. The van der Waals surface area contributed by atoms with Crippen molar-refractivity contribution in [2.75, 3.05) is 12.5 Å². The van der Waals surface area contributed by atoms with Crippen LogP contribution in [0.1, 0.15) is 0 Å². The molecule has 0 saturated carbocycles. The lowest BCUT2D eigenvalue weighted by atomic mass is 10.4. The van der Waals surface area contributed by atoms with E-state index in [9.17, 15) is 0 Å². The van der Waals surface area contributed by atoms with Crippen molar-refractivity contribution in [3.8, 4) is 0 Å². The lowest BCUT2D eigenvalue weighted by molar-refractivity contribution is -0.133. The first-order chi connectivity index (χ1) is 4.31. The maximum atomic E-state index is 8.69. The third kappa shape index (κ3) is 6.45. The van der Waals surface area contributed by atoms with E-state index in [0.717, 1.165) is 0 Å². The number of aliphatic hydroxyl groups excluding tert-OH is 1. The number of halogens is 1. The van der Waals surface area contributed by atoms with Crippen LogP contribution < -0.4 is 0 Å². The molecule has 6 heteroatoms. The number of aliphatic hydroxyl groups is 1. The number of alkyl halides is 1. The Morgan fingerprint density at radius 3 is 2.78 bits per heavy atom. The Morgan fingerprint density at radius 2 is 2.33 bits per heavy atom. The first-order valence-electron chi connectivity index (χ1n) is 2.22. The maximum Gasteiger partial charge on any atom is 0.194 e. The molecule has 0 aromatic rings. The van der Waals surface area contributed by atoms with Gasteiger partial charge in [-0.15, -0.1) is 11.6 Å². The standard InChI is InChI=1S/C3H8ClO4P/c4-1-3(5)2-7-9-8-6/h3,5-6,9H,1-2H2. The summed E-state index contributed by atoms with van der Waals surface area (Å²) in [6, 6.07) is 0. The van der Waals surface area contributed by atoms with Gasteiger partial charge in [-0.2, -0.15) is 4.67 Å². The molecule has 0 aromatic heterocycles. The van der Waals surface area contributed by atoms with Crippen molar-refractivity contribution < 1.29 is 19.6 Å². The maximum absolute atomic E-state index is 8.69. The molecule has 0 radical (unpaired) electrons. The summed E-state index contributed by atoms with van der Waals surface area (Å²) in [5.74, 6) is 0.121. The fourth-order valence-corrected chi connectivity index (χ4v) is 0.603. The summed E-state index contributed by atoms with van der Waals surface area (Å²) in [4.78, 5) is 0. The third-order valence-corrected chi connectivity index (χ3v) is 1.27. The zero-order valence-corrected chi connectivity index (χ0v) is 6.34. The van der Waals surface area contributed by atoms with Gasteiger partial charge in [0.15, 0.2) is 9.03 Å². The molecule has 2 unspecified atom stereocenters. The van der Waals surface area contributed by atoms with Gasteiger partial charge in [0.2, 0.25) is 0 Å². The van der Waals surface area contributed by atoms with Crippen LogP contribution in [-0.2, 0) is 9.20 Å². The van der Waals surface area contributed by atoms with Gasteiger partial charge in [0.05, 0.1) is 18.6 Å². The van der Waals surface area contributed by atoms with Crippen LogP contribution >= 0.6 is 20.6 Å². The summed E-state index contributed by atoms with van der Waals surface area (Å²) in [7, 11) is -0.452. The molecule has 0 rings (SSSR count). The van der Waals surface area contributed by atoms with Gasteiger partial charge in [-0.3, -0.25) is 0 Å². The highest BCUT2D eigenvalue weighted by atomic mass is 35.5. The van der Waals surface area contributed by atoms with Crippen molar-refractivity contribution >= 4 is 20.6 Å². The van der Waals surface area contributed by atoms with Crippen LogP contribution in [-0.4, -0.2) is 29.0 Å². The molecular weight excluding hydrogens is 166 g/mol. The van der Waals surface area contributed by atoms with E-state index in [4.69, 9.17) is 22.0 Å². The van der Waals surface area contributed by atoms with E-state index in [1.54, 1.807) is 0 Å². The van der Waals surface area contributed by atoms with Crippen molar-refractivity contribution in [2.45, 2.75) is 6.10 Å². The molecule has 2 atom stereocenters. The quantitative estimate of drug-likeness (QED) is 0.211. The van der Waals surface area contributed by atoms with Crippen LogP contribution in [0.5, 0.6) is 0 Å². The molecule has 56 valence electrons. The lowest BCUT2D eigenvalue weighted by Crippen LogP contribution is -2.13. The van der Waals surface area contributed by atoms with Crippen LogP contribution in [0.15, 0.2) is 0 Å². The highest BCUT2D eigenvalue weighted by Crippen LogP contribution is 2.10. The summed E-state index contributed by atoms with van der Waals surface area (Å²) in [5.41, 5.74) is 0. The normalized spacial score (nSPS) is 15.0. The Hall–Kier alpha value is 0.560. The molecule has 0 bridgehead atoms. The molecule has 9 heavy (non-hydrogen) atoms. The number of rotatable bonds is 5. The van der Waals surface area contributed by atoms with Crippen LogP contribution in [0.4, 0.5) is 0 Å². The first kappa shape index (κ1) is 9.56. The molecule has 0 aliphatic heterocycles. The molecule has 4 nitrogen and oxygen atoms in total. The predicted octanol–water partition coefficient (Wildman–Crippen LogP) is 0.601. The first-order valence-corrected chi connectivity index (χ1v) is 3.57. The summed E-state index contributed by atoms with van der Waals surface area (Å²) < 4.78 is 8.14. The summed E-state index contributed by atoms with van der Waals surface area (Å²) in [6.07, 6.45) is -0.686. The van der Waals surface area contributed by atoms with Crippen molar-refractivity contribution in [3.05, 3.63) is 0 Å². The topological polar surface area (TPSA) is 58.9 Å². The van der Waals surface area contributed by atoms with Crippen LogP contribution in [0.25, 0.3) is 0 Å². The SMILES string of the molecule is OOPOCC(O)CCl. The molecule has 0 heterocycles. The Morgan fingerprint density at radius 1 is 1.67 bits per heavy atom. The van der Waals surface area contributed by atoms with Gasteiger partial charge in [-0.05, 0) is 0 Å². The van der Waals surface area contributed by atoms with E-state index in [2.05, 4.69) is 9.20 Å². The molecule has 0 amide bonds. The van der Waals surface area contributed by atoms with Crippen molar-refractivity contribution in [1.29, 1.82) is 0 Å². The summed E-state index contributed by atoms with van der Waals surface area (Å²) in [5, 5.41) is 16.4. The second-order valence-corrected chi connectivity index (χ2v) is 2.24. The molecule has 0 aromatic carbocycles. The highest BCUT2D eigenvalue weighted by Gasteiger charge is 2.00. The largest absolute Gasteiger partial charge is 0.389 e. The third-order valence-electron chi connectivity index (χ3n) is 0.550. The van der Waals surface area contributed by atoms with Crippen molar-refractivity contribution in [2.24, 2.45) is 0 Å². The van der Waals surface area contributed by atoms with E-state index in [1.807, 2.05) is 0 Å². The van der Waals surface area contributed by atoms with Crippen LogP contribution in [0, 0.1) is 0 Å². The molecule has 0 spiro atoms. The summed E-state index contributed by atoms with van der Waals surface area (Å²) in [6.45, 7) is 0.0858. The minimum Gasteiger partial charge on any atom is -0.389 e. The van der Waals surface area contributed by atoms with Crippen LogP contribution in [0.3, 0.4) is 0 Å². The fraction of sp³-hybridized carbons (Fsp3) is 1.00. The highest BCUT2D eigenvalue weighted by molar-refractivity contribution is 7.26. The van der Waals surface area contributed by atoms with E-state index in [0.29, 0.717) is 0 Å². The minimum atomic E-state index is -0.686. The van der Waals surface area contributed by atoms with E-state index in [1.165, 1.54) is 0 Å². The van der Waals surface area contributed by atoms with E-state index in [-0.39, 0.29) is 12.5 Å².